The van der Waals surface area contributed by atoms with E-state index in [-0.39, 0.29) is 11.5 Å². The number of phenols is 3. The number of carbonyl (C=O) groups is 1. The summed E-state index contributed by atoms with van der Waals surface area (Å²) < 4.78 is 33.1. The average molecular weight is 653 g/mol. The maximum absolute atomic E-state index is 12.9. The fourth-order valence-electron chi connectivity index (χ4n) is 5.08. The van der Waals surface area contributed by atoms with Crippen molar-refractivity contribution in [3.8, 4) is 34.3 Å². The topological polar surface area (TPSA) is 275 Å². The molecule has 3 heterocycles. The molecule has 1 aromatic heterocycles. The number of aromatic hydroxyl groups is 3. The van der Waals surface area contributed by atoms with Crippen molar-refractivity contribution < 1.29 is 78.9 Å². The van der Waals surface area contributed by atoms with Gasteiger partial charge in [-0.1, -0.05) is 0 Å². The zero-order valence-electron chi connectivity index (χ0n) is 23.9. The first kappa shape index (κ1) is 33.3. The number of esters is 1. The van der Waals surface area contributed by atoms with Gasteiger partial charge >= 0.3 is 5.97 Å². The molecule has 2 aliphatic rings. The Kier molecular flexibility index (Phi) is 9.68. The quantitative estimate of drug-likeness (QED) is 0.0954. The molecule has 0 amide bonds. The number of phenolic OH excluding ortho intramolecular Hbond substituents is 3. The number of aliphatic hydroxyl groups is 6. The van der Waals surface area contributed by atoms with Crippen LogP contribution in [0.1, 0.15) is 6.92 Å². The van der Waals surface area contributed by atoms with E-state index < -0.39 is 114 Å². The van der Waals surface area contributed by atoms with E-state index in [4.69, 9.17) is 28.1 Å². The predicted octanol–water partition coefficient (Wildman–Crippen LogP) is -1.85. The Hall–Kier alpha value is -4.04. The van der Waals surface area contributed by atoms with Crippen molar-refractivity contribution in [2.24, 2.45) is 0 Å². The van der Waals surface area contributed by atoms with Crippen LogP contribution in [0.4, 0.5) is 0 Å². The summed E-state index contributed by atoms with van der Waals surface area (Å²) in [6.07, 6.45) is -17.7. The summed E-state index contributed by atoms with van der Waals surface area (Å²) in [5.41, 5.74) is -0.942. The second-order valence-electron chi connectivity index (χ2n) is 10.7. The standard InChI is InChI=1S/C29H32O17/c1-10(31)41-9-18-21(36)24(39)27(46-28-25(40)23(38)20(35)17(8-30)44-28)29(45-18)43-16-7-14(34)19-13(33)6-15(42-26(19)22(16)37)11-2-4-12(32)5-3-11/h2-7,17-18,20-21,23-25,27-30,32,34-40H,8-9H2,1H3/t17-,18-,20-,21-,23-,24+,25-,27-,28+,29-/m1/s1. The maximum Gasteiger partial charge on any atom is 0.302 e. The number of fused-ring (bicyclic) bond motifs is 1. The van der Waals surface area contributed by atoms with Gasteiger partial charge in [0.2, 0.25) is 12.0 Å². The van der Waals surface area contributed by atoms with Crippen molar-refractivity contribution in [2.45, 2.75) is 68.3 Å². The molecule has 0 bridgehead atoms. The van der Waals surface area contributed by atoms with Crippen LogP contribution in [0.25, 0.3) is 22.3 Å². The van der Waals surface area contributed by atoms with Gasteiger partial charge in [0.1, 0.15) is 72.0 Å². The normalized spacial score (nSPS) is 31.5. The van der Waals surface area contributed by atoms with Gasteiger partial charge < -0.3 is 74.1 Å². The molecule has 2 fully saturated rings. The van der Waals surface area contributed by atoms with E-state index >= 15 is 0 Å². The summed E-state index contributed by atoms with van der Waals surface area (Å²) in [5.74, 6) is -2.97. The van der Waals surface area contributed by atoms with E-state index in [2.05, 4.69) is 0 Å². The molecular formula is C29H32O17. The third-order valence-electron chi connectivity index (χ3n) is 7.55. The van der Waals surface area contributed by atoms with E-state index in [1.165, 1.54) is 24.3 Å². The highest BCUT2D eigenvalue weighted by Gasteiger charge is 2.52. The second kappa shape index (κ2) is 13.4. The first-order valence-corrected chi connectivity index (χ1v) is 13.9. The number of hydrogen-bond acceptors (Lipinski definition) is 17. The third kappa shape index (κ3) is 6.45. The minimum Gasteiger partial charge on any atom is -0.508 e. The smallest absolute Gasteiger partial charge is 0.302 e. The highest BCUT2D eigenvalue weighted by atomic mass is 16.8. The molecule has 0 unspecified atom stereocenters. The predicted molar refractivity (Wildman–Crippen MR) is 149 cm³/mol. The summed E-state index contributed by atoms with van der Waals surface area (Å²) in [6, 6.07) is 7.42. The molecule has 46 heavy (non-hydrogen) atoms. The van der Waals surface area contributed by atoms with Crippen LogP contribution in [-0.4, -0.2) is 127 Å². The Balaban J connectivity index is 1.52. The van der Waals surface area contributed by atoms with Crippen molar-refractivity contribution in [1.29, 1.82) is 0 Å². The molecule has 0 radical (unpaired) electrons. The minimum absolute atomic E-state index is 0.0536. The first-order chi connectivity index (χ1) is 21.8. The van der Waals surface area contributed by atoms with Gasteiger partial charge in [-0.25, -0.2) is 0 Å². The van der Waals surface area contributed by atoms with Crippen molar-refractivity contribution >= 4 is 16.9 Å². The van der Waals surface area contributed by atoms with E-state index in [1.807, 2.05) is 0 Å². The SMILES string of the molecule is CC(=O)OC[C@H]1O[C@@H](Oc2cc(O)c3c(=O)cc(-c4ccc(O)cc4)oc3c2O)[C@H](O[C@@H]2O[C@H](CO)[C@@H](O)[C@@H](O)[C@H]2O)[C@@H](O)[C@@H]1O. The largest absolute Gasteiger partial charge is 0.508 e. The summed E-state index contributed by atoms with van der Waals surface area (Å²) in [7, 11) is 0. The van der Waals surface area contributed by atoms with E-state index in [9.17, 15) is 55.5 Å². The molecule has 250 valence electrons. The number of ether oxygens (including phenoxy) is 5. The van der Waals surface area contributed by atoms with Crippen molar-refractivity contribution in [3.63, 3.8) is 0 Å². The lowest BCUT2D eigenvalue weighted by Gasteiger charge is -2.45. The second-order valence-corrected chi connectivity index (χ2v) is 10.7. The molecular weight excluding hydrogens is 620 g/mol. The number of aliphatic hydroxyl groups excluding tert-OH is 6. The van der Waals surface area contributed by atoms with Crippen molar-refractivity contribution in [1.82, 2.24) is 0 Å². The molecule has 2 aromatic carbocycles. The van der Waals surface area contributed by atoms with Crippen LogP contribution in [0.15, 0.2) is 45.6 Å². The molecule has 9 N–H and O–H groups in total. The zero-order chi connectivity index (χ0) is 33.4. The minimum atomic E-state index is -1.94. The van der Waals surface area contributed by atoms with Gasteiger partial charge in [-0.05, 0) is 24.3 Å². The van der Waals surface area contributed by atoms with Crippen LogP contribution >= 0.6 is 0 Å². The lowest BCUT2D eigenvalue weighted by Crippen LogP contribution is -2.65. The van der Waals surface area contributed by atoms with Crippen LogP contribution in [0.5, 0.6) is 23.0 Å². The summed E-state index contributed by atoms with van der Waals surface area (Å²) >= 11 is 0. The van der Waals surface area contributed by atoms with Gasteiger partial charge in [-0.2, -0.15) is 0 Å². The Morgan fingerprint density at radius 3 is 2.15 bits per heavy atom. The van der Waals surface area contributed by atoms with Gasteiger partial charge in [0.05, 0.1) is 6.61 Å². The molecule has 17 nitrogen and oxygen atoms in total. The highest BCUT2D eigenvalue weighted by molar-refractivity contribution is 5.91. The summed E-state index contributed by atoms with van der Waals surface area (Å²) in [6.45, 7) is -0.302. The van der Waals surface area contributed by atoms with Gasteiger partial charge in [-0.3, -0.25) is 9.59 Å². The molecule has 5 rings (SSSR count). The third-order valence-corrected chi connectivity index (χ3v) is 7.55. The van der Waals surface area contributed by atoms with Crippen LogP contribution in [-0.2, 0) is 23.7 Å². The molecule has 17 heteroatoms. The molecule has 0 aliphatic carbocycles. The Morgan fingerprint density at radius 1 is 0.848 bits per heavy atom. The van der Waals surface area contributed by atoms with Crippen molar-refractivity contribution in [2.75, 3.05) is 13.2 Å². The summed E-state index contributed by atoms with van der Waals surface area (Å²) in [4.78, 5) is 24.3. The zero-order valence-corrected chi connectivity index (χ0v) is 23.9. The van der Waals surface area contributed by atoms with Gasteiger partial charge in [0.25, 0.3) is 0 Å². The van der Waals surface area contributed by atoms with Gasteiger partial charge in [0, 0.05) is 24.6 Å². The molecule has 10 atom stereocenters. The lowest BCUT2D eigenvalue weighted by atomic mass is 9.97. The first-order valence-electron chi connectivity index (χ1n) is 13.9. The fraction of sp³-hybridized carbons (Fsp3) is 0.448. The molecule has 0 spiro atoms. The van der Waals surface area contributed by atoms with Crippen molar-refractivity contribution in [3.05, 3.63) is 46.6 Å². The van der Waals surface area contributed by atoms with Crippen LogP contribution in [0.2, 0.25) is 0 Å². The average Bonchev–Trinajstić information content (AvgIpc) is 3.02. The molecule has 0 saturated carbocycles. The highest BCUT2D eigenvalue weighted by Crippen LogP contribution is 2.42. The monoisotopic (exact) mass is 652 g/mol. The van der Waals surface area contributed by atoms with Gasteiger partial charge in [0.15, 0.2) is 29.2 Å². The molecule has 2 saturated heterocycles. The number of carbonyl (C=O) groups excluding carboxylic acids is 1. The maximum atomic E-state index is 12.9. The van der Waals surface area contributed by atoms with Crippen LogP contribution in [0, 0.1) is 0 Å². The number of benzene rings is 2. The summed E-state index contributed by atoms with van der Waals surface area (Å²) in [5, 5.41) is 93.1. The van der Waals surface area contributed by atoms with E-state index in [1.54, 1.807) is 0 Å². The van der Waals surface area contributed by atoms with E-state index in [0.717, 1.165) is 19.1 Å². The lowest BCUT2D eigenvalue weighted by molar-refractivity contribution is -0.358. The van der Waals surface area contributed by atoms with Crippen LogP contribution in [0.3, 0.4) is 0 Å². The molecule has 2 aliphatic heterocycles. The number of rotatable bonds is 8. The molecule has 3 aromatic rings. The Bertz CT molecular complexity index is 1600. The number of hydrogen-bond donors (Lipinski definition) is 9. The van der Waals surface area contributed by atoms with Crippen LogP contribution < -0.4 is 10.2 Å². The van der Waals surface area contributed by atoms with E-state index in [0.29, 0.717) is 5.56 Å². The fourth-order valence-corrected chi connectivity index (χ4v) is 5.08. The Labute approximate surface area is 258 Å². The van der Waals surface area contributed by atoms with Gasteiger partial charge in [-0.15, -0.1) is 0 Å². The Morgan fingerprint density at radius 2 is 1.50 bits per heavy atom.